The number of carbonyl (C=O) groups excluding carboxylic acids is 1. The molecule has 0 radical (unpaired) electrons. The second-order valence-electron chi connectivity index (χ2n) is 5.32. The van der Waals surface area contributed by atoms with Crippen LogP contribution >= 0.6 is 34.8 Å². The second-order valence-corrected chi connectivity index (χ2v) is 7.69. The van der Waals surface area contributed by atoms with Gasteiger partial charge in [0.2, 0.25) is 3.79 Å². The summed E-state index contributed by atoms with van der Waals surface area (Å²) < 4.78 is -1.70. The summed E-state index contributed by atoms with van der Waals surface area (Å²) in [5, 5.41) is 13.5. The zero-order valence-corrected chi connectivity index (χ0v) is 14.4. The molecule has 0 spiro atoms. The fourth-order valence-corrected chi connectivity index (χ4v) is 3.10. The number of nitro benzene ring substituents is 1. The van der Waals surface area contributed by atoms with Gasteiger partial charge in [-0.05, 0) is 18.9 Å². The number of hydrogen-bond acceptors (Lipinski definition) is 4. The Kier molecular flexibility index (Phi) is 6.08. The van der Waals surface area contributed by atoms with Crippen molar-refractivity contribution in [1.29, 1.82) is 0 Å². The predicted molar refractivity (Wildman–Crippen MR) is 90.1 cm³/mol. The third kappa shape index (κ3) is 4.94. The number of carbonyl (C=O) groups is 1. The van der Waals surface area contributed by atoms with Gasteiger partial charge in [-0.1, -0.05) is 47.3 Å². The summed E-state index contributed by atoms with van der Waals surface area (Å²) in [5.74, 6) is -0.518. The van der Waals surface area contributed by atoms with Gasteiger partial charge in [0, 0.05) is 30.8 Å². The first kappa shape index (κ1) is 18.3. The van der Waals surface area contributed by atoms with Gasteiger partial charge in [0.15, 0.2) is 0 Å². The van der Waals surface area contributed by atoms with Crippen molar-refractivity contribution in [3.63, 3.8) is 0 Å². The highest BCUT2D eigenvalue weighted by molar-refractivity contribution is 6.68. The van der Waals surface area contributed by atoms with E-state index in [0.717, 1.165) is 19.3 Å². The molecule has 9 heteroatoms. The molecule has 1 aliphatic heterocycles. The van der Waals surface area contributed by atoms with Crippen LogP contribution in [0.1, 0.15) is 29.6 Å². The molecule has 1 aromatic carbocycles. The van der Waals surface area contributed by atoms with Crippen LogP contribution in [-0.2, 0) is 0 Å². The van der Waals surface area contributed by atoms with Crippen molar-refractivity contribution in [2.45, 2.75) is 29.2 Å². The first-order valence-corrected chi connectivity index (χ1v) is 8.28. The zero-order chi connectivity index (χ0) is 17.0. The lowest BCUT2D eigenvalue weighted by atomic mass is 10.1. The molecule has 0 aromatic heterocycles. The predicted octanol–water partition coefficient (Wildman–Crippen LogP) is 3.51. The van der Waals surface area contributed by atoms with Gasteiger partial charge in [-0.15, -0.1) is 0 Å². The Morgan fingerprint density at radius 3 is 2.48 bits per heavy atom. The SMILES string of the molecule is O=C(N[C@@H](N1CCCCC1)C(Cl)(Cl)Cl)c1cccc([N+](=O)[O-])c1. The normalized spacial score (nSPS) is 17.5. The van der Waals surface area contributed by atoms with Crippen LogP contribution in [0.2, 0.25) is 0 Å². The zero-order valence-electron chi connectivity index (χ0n) is 12.2. The smallest absolute Gasteiger partial charge is 0.270 e. The van der Waals surface area contributed by atoms with E-state index in [1.165, 1.54) is 24.3 Å². The molecule has 1 aromatic rings. The Hall–Kier alpha value is -1.08. The minimum absolute atomic E-state index is 0.149. The van der Waals surface area contributed by atoms with E-state index >= 15 is 0 Å². The van der Waals surface area contributed by atoms with Crippen molar-refractivity contribution in [3.8, 4) is 0 Å². The first-order chi connectivity index (χ1) is 10.8. The molecule has 23 heavy (non-hydrogen) atoms. The minimum Gasteiger partial charge on any atom is -0.332 e. The van der Waals surface area contributed by atoms with Crippen molar-refractivity contribution >= 4 is 46.4 Å². The maximum Gasteiger partial charge on any atom is 0.270 e. The highest BCUT2D eigenvalue weighted by Gasteiger charge is 2.39. The van der Waals surface area contributed by atoms with Crippen LogP contribution in [0.3, 0.4) is 0 Å². The van der Waals surface area contributed by atoms with Crippen LogP contribution in [0, 0.1) is 10.1 Å². The number of non-ortho nitro benzene ring substituents is 1. The summed E-state index contributed by atoms with van der Waals surface area (Å²) in [7, 11) is 0. The van der Waals surface area contributed by atoms with E-state index in [4.69, 9.17) is 34.8 Å². The summed E-state index contributed by atoms with van der Waals surface area (Å²) >= 11 is 18.0. The molecule has 1 atom stereocenters. The molecule has 1 N–H and O–H groups in total. The summed E-state index contributed by atoms with van der Waals surface area (Å²) in [6, 6.07) is 5.43. The molecule has 1 aliphatic rings. The summed E-state index contributed by atoms with van der Waals surface area (Å²) in [6.07, 6.45) is 2.23. The van der Waals surface area contributed by atoms with Crippen LogP contribution in [0.15, 0.2) is 24.3 Å². The topological polar surface area (TPSA) is 75.5 Å². The van der Waals surface area contributed by atoms with Crippen molar-refractivity contribution in [2.24, 2.45) is 0 Å². The molecule has 0 unspecified atom stereocenters. The monoisotopic (exact) mass is 379 g/mol. The number of hydrogen-bond donors (Lipinski definition) is 1. The van der Waals surface area contributed by atoms with Gasteiger partial charge in [-0.3, -0.25) is 19.8 Å². The number of nitrogens with zero attached hydrogens (tertiary/aromatic N) is 2. The van der Waals surface area contributed by atoms with Gasteiger partial charge in [-0.25, -0.2) is 0 Å². The fraction of sp³-hybridized carbons (Fsp3) is 0.500. The van der Waals surface area contributed by atoms with Gasteiger partial charge in [0.25, 0.3) is 11.6 Å². The van der Waals surface area contributed by atoms with E-state index in [9.17, 15) is 14.9 Å². The summed E-state index contributed by atoms with van der Waals surface area (Å²) in [6.45, 7) is 1.43. The van der Waals surface area contributed by atoms with Crippen LogP contribution < -0.4 is 5.32 Å². The number of piperidine rings is 1. The number of nitrogens with one attached hydrogen (secondary N) is 1. The molecule has 0 aliphatic carbocycles. The van der Waals surface area contributed by atoms with Gasteiger partial charge >= 0.3 is 0 Å². The van der Waals surface area contributed by atoms with E-state index in [1.807, 2.05) is 4.90 Å². The molecule has 126 valence electrons. The van der Waals surface area contributed by atoms with Gasteiger partial charge in [-0.2, -0.15) is 0 Å². The number of likely N-dealkylation sites (tertiary alicyclic amines) is 1. The largest absolute Gasteiger partial charge is 0.332 e. The Morgan fingerprint density at radius 2 is 1.91 bits per heavy atom. The first-order valence-electron chi connectivity index (χ1n) is 7.15. The van der Waals surface area contributed by atoms with Crippen molar-refractivity contribution in [1.82, 2.24) is 10.2 Å². The molecule has 1 amide bonds. The molecule has 0 saturated carbocycles. The third-order valence-electron chi connectivity index (χ3n) is 3.65. The molecule has 1 saturated heterocycles. The number of rotatable bonds is 4. The lowest BCUT2D eigenvalue weighted by molar-refractivity contribution is -0.384. The molecule has 6 nitrogen and oxygen atoms in total. The molecule has 0 bridgehead atoms. The summed E-state index contributed by atoms with van der Waals surface area (Å²) in [4.78, 5) is 24.5. The lowest BCUT2D eigenvalue weighted by Crippen LogP contribution is -2.56. The number of nitro groups is 1. The summed E-state index contributed by atoms with van der Waals surface area (Å²) in [5.41, 5.74) is -0.0171. The van der Waals surface area contributed by atoms with Crippen molar-refractivity contribution < 1.29 is 9.72 Å². The highest BCUT2D eigenvalue weighted by atomic mass is 35.6. The minimum atomic E-state index is -1.70. The van der Waals surface area contributed by atoms with Crippen LogP contribution in [0.4, 0.5) is 5.69 Å². The number of halogens is 3. The molecule has 1 heterocycles. The number of benzene rings is 1. The number of amides is 1. The molecule has 1 fully saturated rings. The average Bonchev–Trinajstić information content (AvgIpc) is 2.52. The van der Waals surface area contributed by atoms with Gasteiger partial charge < -0.3 is 5.32 Å². The Balaban J connectivity index is 2.17. The number of alkyl halides is 3. The standard InChI is InChI=1S/C14H16Cl3N3O3/c15-14(16,17)13(19-7-2-1-3-8-19)18-12(21)10-5-4-6-11(9-10)20(22)23/h4-6,9,13H,1-3,7-8H2,(H,18,21)/t13-/m0/s1. The average molecular weight is 381 g/mol. The van der Waals surface area contributed by atoms with Crippen LogP contribution in [-0.4, -0.2) is 38.8 Å². The quantitative estimate of drug-likeness (QED) is 0.493. The third-order valence-corrected chi connectivity index (χ3v) is 4.27. The van der Waals surface area contributed by atoms with Crippen molar-refractivity contribution in [2.75, 3.05) is 13.1 Å². The maximum absolute atomic E-state index is 12.4. The van der Waals surface area contributed by atoms with Crippen molar-refractivity contribution in [3.05, 3.63) is 39.9 Å². The Bertz CT molecular complexity index is 586. The van der Waals surface area contributed by atoms with E-state index in [-0.39, 0.29) is 11.3 Å². The maximum atomic E-state index is 12.4. The lowest BCUT2D eigenvalue weighted by Gasteiger charge is -2.38. The molecule has 2 rings (SSSR count). The van der Waals surface area contributed by atoms with Crippen LogP contribution in [0.5, 0.6) is 0 Å². The van der Waals surface area contributed by atoms with Gasteiger partial charge in [0.05, 0.1) is 4.92 Å². The van der Waals surface area contributed by atoms with Gasteiger partial charge in [0.1, 0.15) is 6.17 Å². The van der Waals surface area contributed by atoms with Crippen LogP contribution in [0.25, 0.3) is 0 Å². The Labute approximate surface area is 148 Å². The highest BCUT2D eigenvalue weighted by Crippen LogP contribution is 2.33. The molecular formula is C14H16Cl3N3O3. The van der Waals surface area contributed by atoms with E-state index in [0.29, 0.717) is 13.1 Å². The fourth-order valence-electron chi connectivity index (χ4n) is 2.52. The van der Waals surface area contributed by atoms with E-state index in [2.05, 4.69) is 5.32 Å². The van der Waals surface area contributed by atoms with E-state index in [1.54, 1.807) is 0 Å². The van der Waals surface area contributed by atoms with E-state index < -0.39 is 20.8 Å². The molecular weight excluding hydrogens is 365 g/mol. The second kappa shape index (κ2) is 7.66. The Morgan fingerprint density at radius 1 is 1.26 bits per heavy atom.